The van der Waals surface area contributed by atoms with Gasteiger partial charge in [-0.3, -0.25) is 47.8 Å². The van der Waals surface area contributed by atoms with E-state index in [0.717, 1.165) is 50.5 Å². The molecular formula is C54H82N10O12S. The number of nitrogens with zero attached hydrogens (tertiary/aromatic N) is 9. The van der Waals surface area contributed by atoms with Crippen molar-refractivity contribution in [3.8, 4) is 28.4 Å². The number of rotatable bonds is 27. The van der Waals surface area contributed by atoms with Gasteiger partial charge in [0.2, 0.25) is 5.91 Å². The lowest BCUT2D eigenvalue weighted by molar-refractivity contribution is -0.140. The molecule has 3 amide bonds. The maximum atomic E-state index is 14.0. The fourth-order valence-electron chi connectivity index (χ4n) is 9.97. The maximum absolute atomic E-state index is 14.0. The first-order valence-electron chi connectivity index (χ1n) is 26.6. The van der Waals surface area contributed by atoms with E-state index in [1.54, 1.807) is 64.7 Å². The average molecular weight is 1100 g/mol. The first-order valence-corrected chi connectivity index (χ1v) is 27.3. The molecule has 2 heterocycles. The molecule has 77 heavy (non-hydrogen) atoms. The van der Waals surface area contributed by atoms with E-state index in [1.807, 2.05) is 61.0 Å². The molecule has 1 atom stereocenters. The molecule has 4 N–H and O–H groups in total. The molecule has 1 aromatic heterocycles. The lowest BCUT2D eigenvalue weighted by Crippen LogP contribution is -2.49. The fourth-order valence-corrected chi connectivity index (χ4v) is 10.2. The Balaban J connectivity index is 1.19. The number of aldehydes is 1. The van der Waals surface area contributed by atoms with Crippen molar-refractivity contribution in [2.75, 3.05) is 140 Å². The third kappa shape index (κ3) is 19.0. The van der Waals surface area contributed by atoms with Crippen LogP contribution in [0.2, 0.25) is 0 Å². The molecular weight excluding hydrogens is 1010 g/mol. The second-order valence-electron chi connectivity index (χ2n) is 20.4. The van der Waals surface area contributed by atoms with Gasteiger partial charge in [-0.2, -0.15) is 5.10 Å². The molecule has 5 rings (SSSR count). The van der Waals surface area contributed by atoms with Crippen molar-refractivity contribution in [1.82, 2.24) is 49.4 Å². The van der Waals surface area contributed by atoms with Gasteiger partial charge in [-0.1, -0.05) is 39.2 Å². The largest absolute Gasteiger partial charge is 0.496 e. The lowest BCUT2D eigenvalue weighted by Gasteiger charge is -2.33. The fraction of sp³-hybridized carbons (Fsp3) is 0.611. The van der Waals surface area contributed by atoms with Crippen LogP contribution in [0, 0.1) is 5.92 Å². The molecule has 1 aliphatic carbocycles. The lowest BCUT2D eigenvalue weighted by atomic mass is 9.84. The second kappa shape index (κ2) is 31.7. The summed E-state index contributed by atoms with van der Waals surface area (Å²) in [6.07, 6.45) is 7.15. The summed E-state index contributed by atoms with van der Waals surface area (Å²) in [6.45, 7) is 9.57. The van der Waals surface area contributed by atoms with Crippen LogP contribution in [0.1, 0.15) is 91.1 Å². The molecule has 0 spiro atoms. The van der Waals surface area contributed by atoms with Crippen molar-refractivity contribution in [2.45, 2.75) is 70.8 Å². The highest BCUT2D eigenvalue weighted by Gasteiger charge is 2.30. The molecule has 22 nitrogen and oxygen atoms in total. The Hall–Kier alpha value is -5.66. The predicted molar refractivity (Wildman–Crippen MR) is 294 cm³/mol. The minimum Gasteiger partial charge on any atom is -0.496 e. The molecule has 1 saturated carbocycles. The highest BCUT2D eigenvalue weighted by atomic mass is 32.2. The van der Waals surface area contributed by atoms with Crippen molar-refractivity contribution in [1.29, 1.82) is 0 Å². The van der Waals surface area contributed by atoms with Crippen LogP contribution in [0.5, 0.6) is 11.5 Å². The number of carboxylic acids is 2. The SMILES string of the molecule is COc1cccc(OC)c1-c1cc(C(=O)NC(C=O)C2CCCCC2)nn1-c1ccc(C(=O)N(C)CCCN(C)CCCN(C)C(=O)CN2CCN(COSO)CCN(CC(=O)O)CCN(CC(=O)O)CC2)cc1C(C)C. The van der Waals surface area contributed by atoms with E-state index in [4.69, 9.17) is 18.8 Å². The summed E-state index contributed by atoms with van der Waals surface area (Å²) in [6, 6.07) is 12.0. The van der Waals surface area contributed by atoms with Crippen LogP contribution in [0.15, 0.2) is 42.5 Å². The highest BCUT2D eigenvalue weighted by Crippen LogP contribution is 2.41. The van der Waals surface area contributed by atoms with Crippen molar-refractivity contribution < 1.29 is 57.2 Å². The van der Waals surface area contributed by atoms with Gasteiger partial charge in [-0.05, 0) is 99.6 Å². The first-order chi connectivity index (χ1) is 37.0. The Kier molecular flexibility index (Phi) is 25.6. The topological polar surface area (TPSA) is 243 Å². The van der Waals surface area contributed by atoms with Gasteiger partial charge in [0, 0.05) is 85.1 Å². The van der Waals surface area contributed by atoms with Gasteiger partial charge < -0.3 is 49.1 Å². The summed E-state index contributed by atoms with van der Waals surface area (Å²) in [4.78, 5) is 90.1. The Morgan fingerprint density at radius 2 is 1.30 bits per heavy atom. The molecule has 0 radical (unpaired) electrons. The number of carbonyl (C=O) groups excluding carboxylic acids is 4. The van der Waals surface area contributed by atoms with Gasteiger partial charge >= 0.3 is 11.9 Å². The zero-order valence-corrected chi connectivity index (χ0v) is 46.9. The van der Waals surface area contributed by atoms with E-state index in [1.165, 1.54) is 0 Å². The first kappa shape index (κ1) is 62.2. The van der Waals surface area contributed by atoms with Crippen LogP contribution in [0.25, 0.3) is 16.9 Å². The van der Waals surface area contributed by atoms with E-state index in [9.17, 15) is 43.5 Å². The number of ether oxygens (including phenoxy) is 2. The van der Waals surface area contributed by atoms with Crippen molar-refractivity contribution in [3.05, 3.63) is 59.3 Å². The van der Waals surface area contributed by atoms with E-state index in [-0.39, 0.29) is 68.0 Å². The number of amides is 3. The third-order valence-corrected chi connectivity index (χ3v) is 14.7. The third-order valence-electron chi connectivity index (χ3n) is 14.5. The van der Waals surface area contributed by atoms with Crippen molar-refractivity contribution in [3.63, 3.8) is 0 Å². The monoisotopic (exact) mass is 1090 g/mol. The van der Waals surface area contributed by atoms with Crippen molar-refractivity contribution >= 4 is 48.3 Å². The molecule has 426 valence electrons. The molecule has 2 fully saturated rings. The minimum absolute atomic E-state index is 0.0604. The molecule has 1 saturated heterocycles. The number of carboxylic acid groups (broad SMARTS) is 2. The number of hydrogen-bond acceptors (Lipinski definition) is 17. The predicted octanol–water partition coefficient (Wildman–Crippen LogP) is 4.29. The molecule has 3 aromatic rings. The number of nitrogens with one attached hydrogen (secondary N) is 1. The molecule has 0 bridgehead atoms. The van der Waals surface area contributed by atoms with Crippen molar-refractivity contribution in [2.24, 2.45) is 5.92 Å². The number of aromatic nitrogens is 2. The zero-order chi connectivity index (χ0) is 56.0. The maximum Gasteiger partial charge on any atom is 0.317 e. The summed E-state index contributed by atoms with van der Waals surface area (Å²) in [5.74, 6) is -1.63. The van der Waals surface area contributed by atoms with Crippen LogP contribution in [-0.2, 0) is 23.4 Å². The number of methoxy groups -OCH3 is 2. The summed E-state index contributed by atoms with van der Waals surface area (Å²) >= 11 is 0.252. The molecule has 1 aliphatic heterocycles. The van der Waals surface area contributed by atoms with E-state index in [0.29, 0.717) is 119 Å². The number of aliphatic carboxylic acids is 2. The van der Waals surface area contributed by atoms with Crippen LogP contribution in [0.4, 0.5) is 0 Å². The van der Waals surface area contributed by atoms with Gasteiger partial charge in [0.15, 0.2) is 18.0 Å². The van der Waals surface area contributed by atoms with Gasteiger partial charge in [-0.15, -0.1) is 0 Å². The summed E-state index contributed by atoms with van der Waals surface area (Å²) in [5, 5.41) is 26.9. The van der Waals surface area contributed by atoms with Gasteiger partial charge in [0.1, 0.15) is 24.5 Å². The molecule has 1 unspecified atom stereocenters. The normalized spacial score (nSPS) is 16.3. The van der Waals surface area contributed by atoms with Gasteiger partial charge in [-0.25, -0.2) is 4.68 Å². The Labute approximate surface area is 457 Å². The van der Waals surface area contributed by atoms with Gasteiger partial charge in [0.25, 0.3) is 11.8 Å². The quantitative estimate of drug-likeness (QED) is 0.0615. The highest BCUT2D eigenvalue weighted by molar-refractivity contribution is 7.88. The molecule has 2 aromatic carbocycles. The number of benzene rings is 2. The van der Waals surface area contributed by atoms with E-state index < -0.39 is 23.9 Å². The standard InChI is InChI=1S/C54H82N10O12S/c1-39(2)42-32-41(18-19-45(42)64-46(52-47(74-6)16-11-17-48(52)75-7)33-43(56-64)53(71)55-44(37-65)40-14-9-8-10-15-40)54(72)59(5)23-13-21-57(3)20-12-22-58(4)49(66)34-60-24-25-61(35-50(67)68)26-27-62(36-51(69)70)29-31-63(30-28-60)38-76-77-73/h11,16-19,32-33,37,39-40,44,73H,8-10,12-15,20-31,34-36,38H2,1-7H3,(H,55,71)(H,67,68)(H,69,70). The molecule has 23 heteroatoms. The van der Waals surface area contributed by atoms with Crippen LogP contribution >= 0.6 is 12.3 Å². The van der Waals surface area contributed by atoms with Crippen LogP contribution in [0.3, 0.4) is 0 Å². The minimum atomic E-state index is -0.989. The summed E-state index contributed by atoms with van der Waals surface area (Å²) in [7, 11) is 8.70. The summed E-state index contributed by atoms with van der Waals surface area (Å²) < 4.78 is 27.7. The van der Waals surface area contributed by atoms with Crippen LogP contribution in [-0.4, -0.2) is 241 Å². The van der Waals surface area contributed by atoms with Gasteiger partial charge in [0.05, 0.1) is 56.8 Å². The Bertz CT molecular complexity index is 2380. The van der Waals surface area contributed by atoms with E-state index >= 15 is 0 Å². The smallest absolute Gasteiger partial charge is 0.317 e. The molecule has 2 aliphatic rings. The second-order valence-corrected chi connectivity index (χ2v) is 20.8. The summed E-state index contributed by atoms with van der Waals surface area (Å²) in [5.41, 5.74) is 3.24. The number of likely N-dealkylation sites (N-methyl/N-ethyl adjacent to an activating group) is 1. The van der Waals surface area contributed by atoms with Crippen LogP contribution < -0.4 is 14.8 Å². The Morgan fingerprint density at radius 3 is 1.82 bits per heavy atom. The van der Waals surface area contributed by atoms with E-state index in [2.05, 4.69) is 10.2 Å². The number of hydrogen-bond donors (Lipinski definition) is 4. The average Bonchev–Trinajstić information content (AvgIpc) is 3.89. The number of carbonyl (C=O) groups is 6. The Morgan fingerprint density at radius 1 is 0.753 bits per heavy atom. The zero-order valence-electron chi connectivity index (χ0n) is 46.1.